The maximum atomic E-state index is 11.5. The van der Waals surface area contributed by atoms with Crippen molar-refractivity contribution in [2.24, 2.45) is 10.9 Å². The Hall–Kier alpha value is -0.610. The molecule has 24 heavy (non-hydrogen) atoms. The highest BCUT2D eigenvalue weighted by atomic mass is 127. The summed E-state index contributed by atoms with van der Waals surface area (Å²) in [7, 11) is 0. The van der Waals surface area contributed by atoms with Gasteiger partial charge in [-0.15, -0.1) is 24.0 Å². The number of carbonyl (C=O) groups is 1. The topological polar surface area (TPSA) is 84.0 Å². The van der Waals surface area contributed by atoms with Gasteiger partial charge < -0.3 is 25.4 Å². The van der Waals surface area contributed by atoms with E-state index >= 15 is 0 Å². The van der Waals surface area contributed by atoms with Gasteiger partial charge in [-0.05, 0) is 32.6 Å². The quantitative estimate of drug-likeness (QED) is 0.198. The molecule has 0 bridgehead atoms. The van der Waals surface area contributed by atoms with Crippen LogP contribution < -0.4 is 16.0 Å². The van der Waals surface area contributed by atoms with Gasteiger partial charge in [0, 0.05) is 45.3 Å². The number of carbonyl (C=O) groups excluding carboxylic acids is 1. The van der Waals surface area contributed by atoms with Crippen LogP contribution >= 0.6 is 24.0 Å². The Morgan fingerprint density at radius 1 is 1.21 bits per heavy atom. The fourth-order valence-corrected chi connectivity index (χ4v) is 2.35. The van der Waals surface area contributed by atoms with E-state index in [-0.39, 0.29) is 41.9 Å². The predicted octanol–water partition coefficient (Wildman–Crippen LogP) is 0.881. The van der Waals surface area contributed by atoms with E-state index in [1.165, 1.54) is 0 Å². The van der Waals surface area contributed by atoms with Gasteiger partial charge in [0.2, 0.25) is 5.91 Å². The molecule has 2 fully saturated rings. The number of halogens is 1. The Balaban J connectivity index is 0.00000288. The molecule has 3 N–H and O–H groups in total. The van der Waals surface area contributed by atoms with Crippen LogP contribution in [0.3, 0.4) is 0 Å². The fourth-order valence-electron chi connectivity index (χ4n) is 2.35. The number of rotatable bonds is 10. The summed E-state index contributed by atoms with van der Waals surface area (Å²) in [5.74, 6) is 1.24. The number of nitrogens with zero attached hydrogens (tertiary/aromatic N) is 1. The van der Waals surface area contributed by atoms with Crippen molar-refractivity contribution >= 4 is 35.8 Å². The van der Waals surface area contributed by atoms with E-state index in [0.29, 0.717) is 19.7 Å². The summed E-state index contributed by atoms with van der Waals surface area (Å²) in [6.07, 6.45) is 4.24. The normalized spacial score (nSPS) is 20.4. The molecular weight excluding hydrogens is 423 g/mol. The van der Waals surface area contributed by atoms with Gasteiger partial charge >= 0.3 is 0 Å². The summed E-state index contributed by atoms with van der Waals surface area (Å²) in [4.78, 5) is 16.0. The molecule has 0 radical (unpaired) electrons. The van der Waals surface area contributed by atoms with Crippen molar-refractivity contribution in [2.75, 3.05) is 46.0 Å². The standard InChI is InChI=1S/C16H30N4O3.HI/c1-2-17-16(20-9-8-18-15(21)13-4-5-13)19-7-3-10-23-14-6-11-22-12-14;/h13-14H,2-12H2,1H3,(H,18,21)(H2,17,19,20);1H. The molecule has 2 rings (SSSR count). The number of guanidine groups is 1. The third-order valence-corrected chi connectivity index (χ3v) is 3.82. The highest BCUT2D eigenvalue weighted by Gasteiger charge is 2.28. The number of hydrogen-bond donors (Lipinski definition) is 3. The third kappa shape index (κ3) is 9.03. The van der Waals surface area contributed by atoms with Crippen LogP contribution in [-0.4, -0.2) is 64.0 Å². The van der Waals surface area contributed by atoms with Crippen LogP contribution in [0.2, 0.25) is 0 Å². The molecule has 8 heteroatoms. The van der Waals surface area contributed by atoms with Crippen molar-refractivity contribution in [1.82, 2.24) is 16.0 Å². The van der Waals surface area contributed by atoms with Crippen LogP contribution in [0.1, 0.15) is 32.6 Å². The molecule has 1 heterocycles. The van der Waals surface area contributed by atoms with E-state index in [9.17, 15) is 4.79 Å². The molecule has 1 saturated carbocycles. The number of nitrogens with one attached hydrogen (secondary N) is 3. The van der Waals surface area contributed by atoms with Gasteiger partial charge in [-0.3, -0.25) is 9.79 Å². The Bertz CT molecular complexity index is 386. The van der Waals surface area contributed by atoms with Gasteiger partial charge in [0.05, 0.1) is 12.7 Å². The Morgan fingerprint density at radius 2 is 2.00 bits per heavy atom. The summed E-state index contributed by atoms with van der Waals surface area (Å²) >= 11 is 0. The molecular formula is C16H31IN4O3. The molecule has 0 aromatic rings. The average Bonchev–Trinajstić information content (AvgIpc) is 3.28. The second-order valence-electron chi connectivity index (χ2n) is 5.96. The Labute approximate surface area is 161 Å². The Morgan fingerprint density at radius 3 is 2.67 bits per heavy atom. The van der Waals surface area contributed by atoms with Crippen molar-refractivity contribution in [3.05, 3.63) is 0 Å². The van der Waals surface area contributed by atoms with Gasteiger partial charge in [0.15, 0.2) is 5.96 Å². The van der Waals surface area contributed by atoms with Crippen LogP contribution in [-0.2, 0) is 14.3 Å². The molecule has 1 atom stereocenters. The summed E-state index contributed by atoms with van der Waals surface area (Å²) in [6.45, 7) is 7.14. The first kappa shape index (κ1) is 21.4. The fraction of sp³-hybridized carbons (Fsp3) is 0.875. The smallest absolute Gasteiger partial charge is 0.223 e. The van der Waals surface area contributed by atoms with E-state index in [2.05, 4.69) is 20.9 Å². The van der Waals surface area contributed by atoms with Crippen LogP contribution in [0.5, 0.6) is 0 Å². The van der Waals surface area contributed by atoms with Crippen LogP contribution in [0.4, 0.5) is 0 Å². The summed E-state index contributed by atoms with van der Waals surface area (Å²) < 4.78 is 11.0. The monoisotopic (exact) mass is 454 g/mol. The maximum absolute atomic E-state index is 11.5. The van der Waals surface area contributed by atoms with E-state index in [0.717, 1.165) is 57.9 Å². The first-order valence-electron chi connectivity index (χ1n) is 8.79. The first-order chi connectivity index (χ1) is 11.3. The number of ether oxygens (including phenoxy) is 2. The lowest BCUT2D eigenvalue weighted by molar-refractivity contribution is -0.122. The molecule has 1 unspecified atom stereocenters. The van der Waals surface area contributed by atoms with Crippen molar-refractivity contribution in [3.8, 4) is 0 Å². The van der Waals surface area contributed by atoms with Crippen molar-refractivity contribution in [2.45, 2.75) is 38.7 Å². The van der Waals surface area contributed by atoms with Crippen LogP contribution in [0.15, 0.2) is 4.99 Å². The van der Waals surface area contributed by atoms with E-state index < -0.39 is 0 Å². The van der Waals surface area contributed by atoms with Gasteiger partial charge in [0.1, 0.15) is 0 Å². The van der Waals surface area contributed by atoms with Crippen LogP contribution in [0, 0.1) is 5.92 Å². The van der Waals surface area contributed by atoms with Crippen molar-refractivity contribution < 1.29 is 14.3 Å². The van der Waals surface area contributed by atoms with Crippen LogP contribution in [0.25, 0.3) is 0 Å². The first-order valence-corrected chi connectivity index (χ1v) is 8.79. The number of aliphatic imine (C=N–C) groups is 1. The second-order valence-corrected chi connectivity index (χ2v) is 5.96. The van der Waals surface area contributed by atoms with Crippen molar-refractivity contribution in [1.29, 1.82) is 0 Å². The van der Waals surface area contributed by atoms with E-state index in [1.54, 1.807) is 0 Å². The van der Waals surface area contributed by atoms with Gasteiger partial charge in [0.25, 0.3) is 0 Å². The lowest BCUT2D eigenvalue weighted by Gasteiger charge is -2.12. The summed E-state index contributed by atoms with van der Waals surface area (Å²) in [5, 5.41) is 9.37. The van der Waals surface area contributed by atoms with Crippen molar-refractivity contribution in [3.63, 3.8) is 0 Å². The largest absolute Gasteiger partial charge is 0.379 e. The zero-order valence-corrected chi connectivity index (χ0v) is 16.8. The third-order valence-electron chi connectivity index (χ3n) is 3.82. The molecule has 1 amide bonds. The summed E-state index contributed by atoms with van der Waals surface area (Å²) in [6, 6.07) is 0. The summed E-state index contributed by atoms with van der Waals surface area (Å²) in [5.41, 5.74) is 0. The predicted molar refractivity (Wildman–Crippen MR) is 105 cm³/mol. The molecule has 1 aliphatic carbocycles. The molecule has 0 aromatic heterocycles. The van der Waals surface area contributed by atoms with Gasteiger partial charge in [-0.1, -0.05) is 0 Å². The molecule has 1 aliphatic heterocycles. The lowest BCUT2D eigenvalue weighted by Crippen LogP contribution is -2.41. The maximum Gasteiger partial charge on any atom is 0.223 e. The molecule has 0 aromatic carbocycles. The zero-order valence-electron chi connectivity index (χ0n) is 14.5. The van der Waals surface area contributed by atoms with Gasteiger partial charge in [-0.25, -0.2) is 0 Å². The highest BCUT2D eigenvalue weighted by Crippen LogP contribution is 2.28. The molecule has 140 valence electrons. The van der Waals surface area contributed by atoms with Gasteiger partial charge in [-0.2, -0.15) is 0 Å². The minimum atomic E-state index is 0. The lowest BCUT2D eigenvalue weighted by atomic mass is 10.3. The molecule has 0 spiro atoms. The highest BCUT2D eigenvalue weighted by molar-refractivity contribution is 14.0. The Kier molecular flexibility index (Phi) is 11.4. The minimum absolute atomic E-state index is 0. The average molecular weight is 454 g/mol. The van der Waals surface area contributed by atoms with E-state index in [4.69, 9.17) is 9.47 Å². The number of hydrogen-bond acceptors (Lipinski definition) is 4. The molecule has 7 nitrogen and oxygen atoms in total. The number of amides is 1. The molecule has 1 saturated heterocycles. The van der Waals surface area contributed by atoms with E-state index in [1.807, 2.05) is 6.92 Å². The molecule has 2 aliphatic rings. The minimum Gasteiger partial charge on any atom is -0.379 e. The SMILES string of the molecule is CCNC(=NCCCOC1CCOC1)NCCNC(=O)C1CC1.I. The zero-order chi connectivity index (χ0) is 16.3. The second kappa shape index (κ2) is 12.7.